The van der Waals surface area contributed by atoms with Crippen LogP contribution >= 0.6 is 31.7 Å². The lowest BCUT2D eigenvalue weighted by Crippen LogP contribution is -2.43. The van der Waals surface area contributed by atoms with E-state index >= 15 is 0 Å². The Morgan fingerprint density at radius 3 is 2.02 bits per heavy atom. The number of anilines is 1. The molecule has 1 aromatic heterocycles. The first-order valence-corrected chi connectivity index (χ1v) is 15.4. The van der Waals surface area contributed by atoms with E-state index in [2.05, 4.69) is 20.8 Å². The van der Waals surface area contributed by atoms with E-state index in [1.165, 1.54) is 18.3 Å². The molecule has 3 rings (SSSR count). The summed E-state index contributed by atoms with van der Waals surface area (Å²) < 4.78 is 32.8. The van der Waals surface area contributed by atoms with Crippen molar-refractivity contribution in [1.82, 2.24) is 20.2 Å². The van der Waals surface area contributed by atoms with E-state index in [1.807, 2.05) is 4.67 Å². The van der Waals surface area contributed by atoms with Gasteiger partial charge in [0.2, 0.25) is 13.6 Å². The third kappa shape index (κ3) is 11.1. The van der Waals surface area contributed by atoms with Crippen LogP contribution in [0.4, 0.5) is 15.3 Å². The van der Waals surface area contributed by atoms with Gasteiger partial charge in [-0.2, -0.15) is 5.10 Å². The van der Waals surface area contributed by atoms with Gasteiger partial charge in [0.25, 0.3) is 20.3 Å². The average Bonchev–Trinajstić information content (AvgIpc) is 3.40. The van der Waals surface area contributed by atoms with E-state index in [0.29, 0.717) is 25.9 Å². The lowest BCUT2D eigenvalue weighted by molar-refractivity contribution is -0.0295. The molecule has 1 aromatic carbocycles. The average molecular weight is 678 g/mol. The number of aromatic nitrogens is 2. The van der Waals surface area contributed by atoms with Crippen molar-refractivity contribution >= 4 is 61.5 Å². The van der Waals surface area contributed by atoms with Gasteiger partial charge in [0, 0.05) is 19.1 Å². The summed E-state index contributed by atoms with van der Waals surface area (Å²) in [6, 6.07) is 4.43. The number of rotatable bonds is 13. The monoisotopic (exact) mass is 677 g/mol. The number of halogens is 2. The van der Waals surface area contributed by atoms with Crippen LogP contribution < -0.4 is 10.6 Å². The number of hydrogen-bond donors (Lipinski definition) is 3. The summed E-state index contributed by atoms with van der Waals surface area (Å²) in [7, 11) is -1.83. The molecule has 2 amide bonds. The number of aromatic amines is 1. The van der Waals surface area contributed by atoms with Crippen LogP contribution in [0.3, 0.4) is 0 Å². The first-order valence-electron chi connectivity index (χ1n) is 13.5. The van der Waals surface area contributed by atoms with E-state index in [9.17, 15) is 19.2 Å². The number of piperidine rings is 1. The van der Waals surface area contributed by atoms with Crippen molar-refractivity contribution in [2.75, 3.05) is 32.0 Å². The summed E-state index contributed by atoms with van der Waals surface area (Å²) in [5.41, 5.74) is 0.271. The fourth-order valence-corrected chi connectivity index (χ4v) is 5.59. The predicted molar refractivity (Wildman–Crippen MR) is 159 cm³/mol. The fourth-order valence-electron chi connectivity index (χ4n) is 3.78. The zero-order valence-electron chi connectivity index (χ0n) is 24.5. The number of carbonyl (C=O) groups excluding carboxylic acids is 4. The molecule has 3 N–H and O–H groups in total. The van der Waals surface area contributed by atoms with Crippen LogP contribution in [-0.2, 0) is 28.0 Å². The highest BCUT2D eigenvalue weighted by Crippen LogP contribution is 2.44. The molecule has 15 nitrogen and oxygen atoms in total. The summed E-state index contributed by atoms with van der Waals surface area (Å²) in [5.74, 6) is -1.08. The quantitative estimate of drug-likeness (QED) is 0.139. The minimum absolute atomic E-state index is 0.0498. The van der Waals surface area contributed by atoms with Crippen LogP contribution in [0.2, 0.25) is 10.0 Å². The zero-order valence-corrected chi connectivity index (χ0v) is 26.9. The Kier molecular flexibility index (Phi) is 13.9. The molecule has 2 heterocycles. The van der Waals surface area contributed by atoms with Crippen LogP contribution in [0.15, 0.2) is 24.4 Å². The lowest BCUT2D eigenvalue weighted by atomic mass is 10.1. The molecule has 0 radical (unpaired) electrons. The van der Waals surface area contributed by atoms with E-state index in [-0.39, 0.29) is 45.2 Å². The van der Waals surface area contributed by atoms with Gasteiger partial charge >= 0.3 is 12.3 Å². The Morgan fingerprint density at radius 2 is 1.50 bits per heavy atom. The molecule has 18 heteroatoms. The molecule has 0 bridgehead atoms. The molecule has 0 spiro atoms. The second-order valence-electron chi connectivity index (χ2n) is 9.76. The van der Waals surface area contributed by atoms with Crippen molar-refractivity contribution in [2.24, 2.45) is 0 Å². The third-order valence-electron chi connectivity index (χ3n) is 5.69. The summed E-state index contributed by atoms with van der Waals surface area (Å²) in [4.78, 5) is 49.3. The highest BCUT2D eigenvalue weighted by atomic mass is 35.5. The maximum absolute atomic E-state index is 13.1. The molecule has 1 fully saturated rings. The summed E-state index contributed by atoms with van der Waals surface area (Å²) in [5, 5.41) is 12.3. The molecule has 0 saturated carbocycles. The van der Waals surface area contributed by atoms with Crippen molar-refractivity contribution in [3.63, 3.8) is 0 Å². The first-order chi connectivity index (χ1) is 20.9. The zero-order chi connectivity index (χ0) is 32.2. The van der Waals surface area contributed by atoms with Crippen molar-refractivity contribution in [2.45, 2.75) is 58.8 Å². The minimum atomic E-state index is -1.83. The highest BCUT2D eigenvalue weighted by Gasteiger charge is 2.30. The Bertz CT molecular complexity index is 1240. The van der Waals surface area contributed by atoms with Gasteiger partial charge in [-0.3, -0.25) is 23.7 Å². The van der Waals surface area contributed by atoms with Gasteiger partial charge < -0.3 is 29.6 Å². The number of benzene rings is 1. The largest absolute Gasteiger partial charge is 0.510 e. The Morgan fingerprint density at radius 1 is 0.955 bits per heavy atom. The SMILES string of the molecule is CC(C)OC(=O)OCOP(OCOC(=O)OC(C)C)N1CCC(NC(=O)c2[nH]ncc2NC(=O)c2c(Cl)cccc2Cl)CC1. The standard InChI is InChI=1S/C26H34Cl2N5O10P/c1-15(2)42-25(36)38-13-40-44(41-14-39-26(37)43-16(3)4)33-10-8-17(9-11-33)30-24(35)22-20(12-29-32-22)31-23(34)21-18(27)6-5-7-19(21)28/h5-7,12,15-17H,8-11,13-14H2,1-4H3,(H,29,32)(H,30,35)(H,31,34). The van der Waals surface area contributed by atoms with E-state index in [4.69, 9.17) is 51.2 Å². The Labute approximate surface area is 265 Å². The normalized spacial score (nSPS) is 14.0. The van der Waals surface area contributed by atoms with E-state index in [1.54, 1.807) is 33.8 Å². The molecule has 0 aliphatic carbocycles. The molecule has 1 aliphatic heterocycles. The van der Waals surface area contributed by atoms with Gasteiger partial charge in [0.1, 0.15) is 5.69 Å². The van der Waals surface area contributed by atoms with E-state index in [0.717, 1.165) is 0 Å². The number of amides is 2. The summed E-state index contributed by atoms with van der Waals surface area (Å²) >= 11 is 12.3. The molecule has 1 aliphatic rings. The molecule has 0 atom stereocenters. The Balaban J connectivity index is 1.54. The van der Waals surface area contributed by atoms with Gasteiger partial charge in [0.05, 0.1) is 39.7 Å². The minimum Gasteiger partial charge on any atom is -0.432 e. The van der Waals surface area contributed by atoms with Crippen molar-refractivity contribution in [3.05, 3.63) is 45.7 Å². The van der Waals surface area contributed by atoms with Crippen molar-refractivity contribution < 1.29 is 47.2 Å². The number of nitrogens with zero attached hydrogens (tertiary/aromatic N) is 2. The van der Waals surface area contributed by atoms with Gasteiger partial charge in [-0.25, -0.2) is 14.3 Å². The van der Waals surface area contributed by atoms with Gasteiger partial charge in [-0.1, -0.05) is 29.3 Å². The predicted octanol–water partition coefficient (Wildman–Crippen LogP) is 5.46. The lowest BCUT2D eigenvalue weighted by Gasteiger charge is -2.35. The Hall–Kier alpha value is -3.20. The molecule has 1 saturated heterocycles. The highest BCUT2D eigenvalue weighted by molar-refractivity contribution is 7.44. The maximum atomic E-state index is 13.1. The third-order valence-corrected chi connectivity index (χ3v) is 7.83. The molecule has 2 aromatic rings. The van der Waals surface area contributed by atoms with Crippen molar-refractivity contribution in [1.29, 1.82) is 0 Å². The maximum Gasteiger partial charge on any atom is 0.510 e. The number of hydrogen-bond acceptors (Lipinski definition) is 12. The summed E-state index contributed by atoms with van der Waals surface area (Å²) in [6.07, 6.45) is -0.256. The molecule has 0 unspecified atom stereocenters. The van der Waals surface area contributed by atoms with Crippen molar-refractivity contribution in [3.8, 4) is 0 Å². The van der Waals surface area contributed by atoms with Crippen LogP contribution in [0.1, 0.15) is 61.4 Å². The van der Waals surface area contributed by atoms with Gasteiger partial charge in [-0.05, 0) is 52.7 Å². The molecule has 242 valence electrons. The fraction of sp³-hybridized carbons (Fsp3) is 0.500. The van der Waals surface area contributed by atoms with Gasteiger partial charge in [0.15, 0.2) is 0 Å². The van der Waals surface area contributed by atoms with Crippen LogP contribution in [-0.4, -0.2) is 83.9 Å². The van der Waals surface area contributed by atoms with E-state index < -0.39 is 46.2 Å². The number of ether oxygens (including phenoxy) is 4. The number of carbonyl (C=O) groups is 4. The van der Waals surface area contributed by atoms with Crippen LogP contribution in [0.5, 0.6) is 0 Å². The molecular weight excluding hydrogens is 644 g/mol. The second-order valence-corrected chi connectivity index (χ2v) is 12.1. The smallest absolute Gasteiger partial charge is 0.432 e. The topological polar surface area (TPSA) is 180 Å². The molecule has 44 heavy (non-hydrogen) atoms. The van der Waals surface area contributed by atoms with Crippen LogP contribution in [0.25, 0.3) is 0 Å². The summed E-state index contributed by atoms with van der Waals surface area (Å²) in [6.45, 7) is 6.62. The first kappa shape index (κ1) is 35.3. The number of H-pyrrole nitrogens is 1. The van der Waals surface area contributed by atoms with Gasteiger partial charge in [-0.15, -0.1) is 0 Å². The molecular formula is C26H34Cl2N5O10P. The number of nitrogens with one attached hydrogen (secondary N) is 3. The second kappa shape index (κ2) is 17.3. The van der Waals surface area contributed by atoms with Crippen LogP contribution in [0, 0.1) is 0 Å².